The molecule has 1 fully saturated rings. The Balaban J connectivity index is 2.23. The fraction of sp³-hybridized carbons (Fsp3) is 0.636. The van der Waals surface area contributed by atoms with E-state index in [1.807, 2.05) is 0 Å². The van der Waals surface area contributed by atoms with Crippen molar-refractivity contribution in [3.63, 3.8) is 0 Å². The van der Waals surface area contributed by atoms with Gasteiger partial charge in [-0.15, -0.1) is 0 Å². The minimum Gasteiger partial charge on any atom is -0.481 e. The number of aromatic nitrogens is 1. The molecule has 1 atom stereocenters. The van der Waals surface area contributed by atoms with Crippen LogP contribution in [0.1, 0.15) is 29.4 Å². The molecule has 1 aliphatic rings. The molecule has 1 aliphatic heterocycles. The van der Waals surface area contributed by atoms with E-state index in [9.17, 15) is 4.79 Å². The Morgan fingerprint density at radius 1 is 1.69 bits per heavy atom. The average Bonchev–Trinajstić information content (AvgIpc) is 2.75. The van der Waals surface area contributed by atoms with Gasteiger partial charge in [-0.1, -0.05) is 5.16 Å². The van der Waals surface area contributed by atoms with Crippen LogP contribution in [0.25, 0.3) is 0 Å². The lowest BCUT2D eigenvalue weighted by Gasteiger charge is -2.08. The van der Waals surface area contributed by atoms with Gasteiger partial charge in [-0.2, -0.15) is 0 Å². The highest BCUT2D eigenvalue weighted by Gasteiger charge is 2.28. The van der Waals surface area contributed by atoms with Gasteiger partial charge in [0.1, 0.15) is 5.76 Å². The van der Waals surface area contributed by atoms with Gasteiger partial charge < -0.3 is 14.5 Å². The molecule has 5 nitrogen and oxygen atoms in total. The maximum absolute atomic E-state index is 10.8. The van der Waals surface area contributed by atoms with Crippen LogP contribution in [0.5, 0.6) is 0 Å². The number of carbonyl (C=O) groups is 1. The summed E-state index contributed by atoms with van der Waals surface area (Å²) in [6.45, 7) is 3.74. The molecule has 0 spiro atoms. The molecular weight excluding hydrogens is 208 g/mol. The van der Waals surface area contributed by atoms with Crippen LogP contribution < -0.4 is 0 Å². The fourth-order valence-electron chi connectivity index (χ4n) is 2.24. The van der Waals surface area contributed by atoms with Crippen LogP contribution in [-0.4, -0.2) is 41.3 Å². The molecule has 88 valence electrons. The highest BCUT2D eigenvalue weighted by atomic mass is 16.5. The van der Waals surface area contributed by atoms with Crippen LogP contribution in [0.15, 0.2) is 4.52 Å². The third-order valence-corrected chi connectivity index (χ3v) is 3.11. The summed E-state index contributed by atoms with van der Waals surface area (Å²) in [5.74, 6) is 0.226. The molecule has 1 saturated heterocycles. The number of aliphatic carboxylic acids is 1. The first-order chi connectivity index (χ1) is 7.58. The molecule has 2 rings (SSSR count). The van der Waals surface area contributed by atoms with Crippen LogP contribution in [0.3, 0.4) is 0 Å². The SMILES string of the molecule is Cc1noc(C2CCN(C)C2)c1CC(=O)O. The van der Waals surface area contributed by atoms with Crippen LogP contribution in [0, 0.1) is 6.92 Å². The molecule has 5 heteroatoms. The smallest absolute Gasteiger partial charge is 0.308 e. The zero-order valence-corrected chi connectivity index (χ0v) is 9.56. The van der Waals surface area contributed by atoms with Gasteiger partial charge in [0.25, 0.3) is 0 Å². The van der Waals surface area contributed by atoms with Crippen molar-refractivity contribution in [3.8, 4) is 0 Å². The minimum absolute atomic E-state index is 0.00484. The second-order valence-corrected chi connectivity index (χ2v) is 4.43. The molecule has 0 saturated carbocycles. The number of likely N-dealkylation sites (tertiary alicyclic amines) is 1. The molecule has 1 unspecified atom stereocenters. The summed E-state index contributed by atoms with van der Waals surface area (Å²) in [6.07, 6.45) is 1.02. The van der Waals surface area contributed by atoms with Crippen molar-refractivity contribution in [1.82, 2.24) is 10.1 Å². The van der Waals surface area contributed by atoms with E-state index in [1.54, 1.807) is 6.92 Å². The maximum Gasteiger partial charge on any atom is 0.308 e. The van der Waals surface area contributed by atoms with Crippen molar-refractivity contribution in [2.45, 2.75) is 25.7 Å². The molecule has 0 aromatic carbocycles. The number of aryl methyl sites for hydroxylation is 1. The number of hydrogen-bond acceptors (Lipinski definition) is 4. The van der Waals surface area contributed by atoms with E-state index in [0.29, 0.717) is 11.6 Å². The largest absolute Gasteiger partial charge is 0.481 e. The molecule has 1 N–H and O–H groups in total. The topological polar surface area (TPSA) is 66.6 Å². The first kappa shape index (κ1) is 11.1. The highest BCUT2D eigenvalue weighted by Crippen LogP contribution is 2.30. The molecule has 0 aliphatic carbocycles. The van der Waals surface area contributed by atoms with Crippen LogP contribution in [-0.2, 0) is 11.2 Å². The fourth-order valence-corrected chi connectivity index (χ4v) is 2.24. The zero-order chi connectivity index (χ0) is 11.7. The summed E-state index contributed by atoms with van der Waals surface area (Å²) in [7, 11) is 2.06. The molecule has 1 aromatic heterocycles. The Morgan fingerprint density at radius 3 is 3.00 bits per heavy atom. The van der Waals surface area contributed by atoms with Gasteiger partial charge in [0, 0.05) is 18.0 Å². The van der Waals surface area contributed by atoms with E-state index in [0.717, 1.165) is 30.8 Å². The number of carboxylic acid groups (broad SMARTS) is 1. The molecule has 0 amide bonds. The first-order valence-electron chi connectivity index (χ1n) is 5.43. The number of nitrogens with zero attached hydrogens (tertiary/aromatic N) is 2. The standard InChI is InChI=1S/C11H16N2O3/c1-7-9(5-10(14)15)11(16-12-7)8-3-4-13(2)6-8/h8H,3-6H2,1-2H3,(H,14,15). The second-order valence-electron chi connectivity index (χ2n) is 4.43. The van der Waals surface area contributed by atoms with Crippen LogP contribution >= 0.6 is 0 Å². The predicted octanol–water partition coefficient (Wildman–Crippen LogP) is 1.03. The summed E-state index contributed by atoms with van der Waals surface area (Å²) in [6, 6.07) is 0. The Labute approximate surface area is 94.0 Å². The summed E-state index contributed by atoms with van der Waals surface area (Å²) < 4.78 is 5.29. The van der Waals surface area contributed by atoms with E-state index in [1.165, 1.54) is 0 Å². The van der Waals surface area contributed by atoms with Gasteiger partial charge in [0.15, 0.2) is 0 Å². The minimum atomic E-state index is -0.834. The van der Waals surface area contributed by atoms with Gasteiger partial charge in [-0.25, -0.2) is 0 Å². The molecule has 2 heterocycles. The molecule has 16 heavy (non-hydrogen) atoms. The Kier molecular flexibility index (Phi) is 2.96. The van der Waals surface area contributed by atoms with E-state index < -0.39 is 5.97 Å². The van der Waals surface area contributed by atoms with E-state index in [-0.39, 0.29) is 6.42 Å². The number of hydrogen-bond donors (Lipinski definition) is 1. The Bertz CT molecular complexity index is 400. The van der Waals surface area contributed by atoms with Crippen molar-refractivity contribution >= 4 is 5.97 Å². The maximum atomic E-state index is 10.8. The molecular formula is C11H16N2O3. The second kappa shape index (κ2) is 4.25. The van der Waals surface area contributed by atoms with E-state index >= 15 is 0 Å². The Morgan fingerprint density at radius 2 is 2.44 bits per heavy atom. The van der Waals surface area contributed by atoms with Crippen LogP contribution in [0.4, 0.5) is 0 Å². The third kappa shape index (κ3) is 2.09. The normalized spacial score (nSPS) is 21.5. The van der Waals surface area contributed by atoms with Crippen LogP contribution in [0.2, 0.25) is 0 Å². The monoisotopic (exact) mass is 224 g/mol. The van der Waals surface area contributed by atoms with Gasteiger partial charge in [0.2, 0.25) is 0 Å². The predicted molar refractivity (Wildman–Crippen MR) is 57.4 cm³/mol. The average molecular weight is 224 g/mol. The first-order valence-corrected chi connectivity index (χ1v) is 5.43. The lowest BCUT2D eigenvalue weighted by molar-refractivity contribution is -0.136. The highest BCUT2D eigenvalue weighted by molar-refractivity contribution is 5.70. The number of likely N-dealkylation sites (N-methyl/N-ethyl adjacent to an activating group) is 1. The summed E-state index contributed by atoms with van der Waals surface area (Å²) in [5.41, 5.74) is 1.46. The van der Waals surface area contributed by atoms with E-state index in [2.05, 4.69) is 17.1 Å². The van der Waals surface area contributed by atoms with Gasteiger partial charge >= 0.3 is 5.97 Å². The lowest BCUT2D eigenvalue weighted by Crippen LogP contribution is -2.14. The van der Waals surface area contributed by atoms with Gasteiger partial charge in [-0.05, 0) is 26.9 Å². The molecule has 1 aromatic rings. The van der Waals surface area contributed by atoms with E-state index in [4.69, 9.17) is 9.63 Å². The summed E-state index contributed by atoms with van der Waals surface area (Å²) in [5, 5.41) is 12.7. The Hall–Kier alpha value is -1.36. The lowest BCUT2D eigenvalue weighted by atomic mass is 9.99. The third-order valence-electron chi connectivity index (χ3n) is 3.11. The van der Waals surface area contributed by atoms with Crippen molar-refractivity contribution in [3.05, 3.63) is 17.0 Å². The van der Waals surface area contributed by atoms with Crippen molar-refractivity contribution < 1.29 is 14.4 Å². The van der Waals surface area contributed by atoms with Gasteiger partial charge in [0.05, 0.1) is 12.1 Å². The summed E-state index contributed by atoms with van der Waals surface area (Å²) in [4.78, 5) is 13.0. The number of carboxylic acids is 1. The van der Waals surface area contributed by atoms with Gasteiger partial charge in [-0.3, -0.25) is 4.79 Å². The quantitative estimate of drug-likeness (QED) is 0.830. The number of rotatable bonds is 3. The molecule has 0 radical (unpaired) electrons. The summed E-state index contributed by atoms with van der Waals surface area (Å²) >= 11 is 0. The van der Waals surface area contributed by atoms with Crippen molar-refractivity contribution in [2.75, 3.05) is 20.1 Å². The molecule has 0 bridgehead atoms. The zero-order valence-electron chi connectivity index (χ0n) is 9.56. The van der Waals surface area contributed by atoms with Crippen molar-refractivity contribution in [1.29, 1.82) is 0 Å². The van der Waals surface area contributed by atoms with Crippen molar-refractivity contribution in [2.24, 2.45) is 0 Å².